The molecular formula is C22H30N4O2. The van der Waals surface area contributed by atoms with Gasteiger partial charge in [0.25, 0.3) is 5.56 Å². The van der Waals surface area contributed by atoms with Gasteiger partial charge in [-0.25, -0.2) is 4.98 Å². The van der Waals surface area contributed by atoms with Gasteiger partial charge in [-0.15, -0.1) is 0 Å². The second-order valence-electron chi connectivity index (χ2n) is 8.27. The van der Waals surface area contributed by atoms with Crippen LogP contribution in [-0.4, -0.2) is 53.3 Å². The summed E-state index contributed by atoms with van der Waals surface area (Å²) in [6.07, 6.45) is 1.02. The van der Waals surface area contributed by atoms with Crippen molar-refractivity contribution in [3.63, 3.8) is 0 Å². The molecule has 1 aromatic carbocycles. The van der Waals surface area contributed by atoms with Crippen molar-refractivity contribution in [2.75, 3.05) is 31.1 Å². The molecule has 6 heteroatoms. The molecule has 3 atom stereocenters. The van der Waals surface area contributed by atoms with Crippen molar-refractivity contribution in [2.45, 2.75) is 51.9 Å². The zero-order valence-corrected chi connectivity index (χ0v) is 17.0. The second-order valence-corrected chi connectivity index (χ2v) is 8.27. The van der Waals surface area contributed by atoms with Crippen molar-refractivity contribution in [1.29, 1.82) is 0 Å². The summed E-state index contributed by atoms with van der Waals surface area (Å²) >= 11 is 0. The summed E-state index contributed by atoms with van der Waals surface area (Å²) in [6.45, 7) is 10.5. The van der Waals surface area contributed by atoms with Gasteiger partial charge in [-0.3, -0.25) is 14.7 Å². The van der Waals surface area contributed by atoms with Gasteiger partial charge >= 0.3 is 0 Å². The van der Waals surface area contributed by atoms with E-state index in [2.05, 4.69) is 65.9 Å². The quantitative estimate of drug-likeness (QED) is 0.881. The summed E-state index contributed by atoms with van der Waals surface area (Å²) in [6, 6.07) is 10.6. The summed E-state index contributed by atoms with van der Waals surface area (Å²) in [7, 11) is 0. The van der Waals surface area contributed by atoms with Crippen LogP contribution in [0.3, 0.4) is 0 Å². The van der Waals surface area contributed by atoms with Gasteiger partial charge < -0.3 is 9.64 Å². The number of hydrogen-bond donors (Lipinski definition) is 1. The number of nitrogens with one attached hydrogen (secondary N) is 1. The zero-order valence-electron chi connectivity index (χ0n) is 17.0. The summed E-state index contributed by atoms with van der Waals surface area (Å²) in [4.78, 5) is 25.1. The minimum atomic E-state index is 0.0163. The van der Waals surface area contributed by atoms with E-state index >= 15 is 0 Å². The number of nitrogens with zero attached hydrogens (tertiary/aromatic N) is 3. The van der Waals surface area contributed by atoms with Crippen molar-refractivity contribution in [3.05, 3.63) is 57.5 Å². The van der Waals surface area contributed by atoms with Crippen molar-refractivity contribution in [2.24, 2.45) is 0 Å². The Labute approximate surface area is 166 Å². The third-order valence-electron chi connectivity index (χ3n) is 5.76. The molecule has 0 unspecified atom stereocenters. The Kier molecular flexibility index (Phi) is 5.51. The molecule has 2 aromatic rings. The average Bonchev–Trinajstić information content (AvgIpc) is 2.67. The van der Waals surface area contributed by atoms with Crippen molar-refractivity contribution < 1.29 is 4.74 Å². The van der Waals surface area contributed by atoms with E-state index < -0.39 is 0 Å². The van der Waals surface area contributed by atoms with E-state index in [0.29, 0.717) is 11.9 Å². The Hall–Kier alpha value is -2.18. The molecule has 0 spiro atoms. The molecule has 2 aliphatic heterocycles. The number of rotatable bonds is 4. The maximum atomic E-state index is 12.7. The topological polar surface area (TPSA) is 61.5 Å². The molecule has 150 valence electrons. The standard InChI is InChI=1S/C22H30N4O2/c1-15(18-7-5-4-6-8-18)11-25-10-9-19-20(14-25)23-22(24-21(19)27)26-12-16(2)28-17(3)13-26/h4-8,15-17H,9-14H2,1-3H3,(H,23,24,27)/t15-,16+,17+/m1/s1. The molecular weight excluding hydrogens is 352 g/mol. The molecule has 3 heterocycles. The third-order valence-corrected chi connectivity index (χ3v) is 5.76. The van der Waals surface area contributed by atoms with Crippen LogP contribution >= 0.6 is 0 Å². The highest BCUT2D eigenvalue weighted by atomic mass is 16.5. The van der Waals surface area contributed by atoms with E-state index in [1.165, 1.54) is 5.56 Å². The van der Waals surface area contributed by atoms with Crippen LogP contribution in [0.5, 0.6) is 0 Å². The van der Waals surface area contributed by atoms with Crippen molar-refractivity contribution in [3.8, 4) is 0 Å². The molecule has 0 saturated carbocycles. The summed E-state index contributed by atoms with van der Waals surface area (Å²) < 4.78 is 5.81. The first-order valence-electron chi connectivity index (χ1n) is 10.3. The number of morpholine rings is 1. The molecule has 6 nitrogen and oxygen atoms in total. The Morgan fingerprint density at radius 3 is 2.64 bits per heavy atom. The smallest absolute Gasteiger partial charge is 0.255 e. The van der Waals surface area contributed by atoms with E-state index in [1.54, 1.807) is 0 Å². The lowest BCUT2D eigenvalue weighted by atomic mass is 9.99. The number of H-pyrrole nitrogens is 1. The van der Waals surface area contributed by atoms with Crippen LogP contribution in [0, 0.1) is 0 Å². The minimum Gasteiger partial charge on any atom is -0.372 e. The molecule has 4 rings (SSSR count). The molecule has 2 aliphatic rings. The predicted molar refractivity (Wildman–Crippen MR) is 111 cm³/mol. The fraction of sp³-hybridized carbons (Fsp3) is 0.545. The lowest BCUT2D eigenvalue weighted by Crippen LogP contribution is -2.47. The van der Waals surface area contributed by atoms with Crippen LogP contribution in [0.15, 0.2) is 35.1 Å². The van der Waals surface area contributed by atoms with Crippen LogP contribution in [0.4, 0.5) is 5.95 Å². The van der Waals surface area contributed by atoms with Gasteiger partial charge in [-0.1, -0.05) is 37.3 Å². The van der Waals surface area contributed by atoms with E-state index in [-0.39, 0.29) is 17.8 Å². The van der Waals surface area contributed by atoms with Gasteiger partial charge in [-0.2, -0.15) is 0 Å². The van der Waals surface area contributed by atoms with Crippen LogP contribution in [0.2, 0.25) is 0 Å². The Balaban J connectivity index is 1.51. The van der Waals surface area contributed by atoms with Gasteiger partial charge in [-0.05, 0) is 31.7 Å². The van der Waals surface area contributed by atoms with Crippen LogP contribution in [-0.2, 0) is 17.7 Å². The van der Waals surface area contributed by atoms with Crippen molar-refractivity contribution in [1.82, 2.24) is 14.9 Å². The first kappa shape index (κ1) is 19.2. The first-order chi connectivity index (χ1) is 13.5. The number of aromatic amines is 1. The van der Waals surface area contributed by atoms with Crippen LogP contribution in [0.1, 0.15) is 43.5 Å². The number of ether oxygens (including phenoxy) is 1. The summed E-state index contributed by atoms with van der Waals surface area (Å²) in [5.41, 5.74) is 3.14. The van der Waals surface area contributed by atoms with Gasteiger partial charge in [0.1, 0.15) is 0 Å². The van der Waals surface area contributed by atoms with E-state index in [1.807, 2.05) is 0 Å². The van der Waals surface area contributed by atoms with Gasteiger partial charge in [0.2, 0.25) is 5.95 Å². The Bertz CT molecular complexity index is 857. The molecule has 1 aromatic heterocycles. The highest BCUT2D eigenvalue weighted by molar-refractivity contribution is 5.35. The SMILES string of the molecule is C[C@H](CN1CCc2c(nc(N3C[C@H](C)O[C@@H](C)C3)[nH]c2=O)C1)c1ccccc1. The second kappa shape index (κ2) is 8.05. The zero-order chi connectivity index (χ0) is 19.7. The molecule has 0 amide bonds. The maximum absolute atomic E-state index is 12.7. The van der Waals surface area contributed by atoms with Gasteiger partial charge in [0.15, 0.2) is 0 Å². The number of hydrogen-bond acceptors (Lipinski definition) is 5. The molecule has 1 N–H and O–H groups in total. The largest absolute Gasteiger partial charge is 0.372 e. The normalized spacial score (nSPS) is 24.0. The van der Waals surface area contributed by atoms with Crippen LogP contribution in [0.25, 0.3) is 0 Å². The van der Waals surface area contributed by atoms with E-state index in [0.717, 1.165) is 50.4 Å². The molecule has 0 radical (unpaired) electrons. The maximum Gasteiger partial charge on any atom is 0.255 e. The van der Waals surface area contributed by atoms with Crippen molar-refractivity contribution >= 4 is 5.95 Å². The number of anilines is 1. The number of fused-ring (bicyclic) bond motifs is 1. The fourth-order valence-electron chi connectivity index (χ4n) is 4.41. The average molecular weight is 383 g/mol. The molecule has 1 saturated heterocycles. The minimum absolute atomic E-state index is 0.0163. The highest BCUT2D eigenvalue weighted by Gasteiger charge is 2.27. The molecule has 1 fully saturated rings. The number of benzene rings is 1. The van der Waals surface area contributed by atoms with Crippen LogP contribution < -0.4 is 10.5 Å². The summed E-state index contributed by atoms with van der Waals surface area (Å²) in [5.74, 6) is 1.13. The number of aromatic nitrogens is 2. The molecule has 0 aliphatic carbocycles. The van der Waals surface area contributed by atoms with Gasteiger partial charge in [0.05, 0.1) is 17.9 Å². The Morgan fingerprint density at radius 1 is 1.21 bits per heavy atom. The lowest BCUT2D eigenvalue weighted by molar-refractivity contribution is -0.00576. The van der Waals surface area contributed by atoms with E-state index in [4.69, 9.17) is 9.72 Å². The first-order valence-corrected chi connectivity index (χ1v) is 10.3. The monoisotopic (exact) mass is 382 g/mol. The van der Waals surface area contributed by atoms with Gasteiger partial charge in [0, 0.05) is 38.3 Å². The Morgan fingerprint density at radius 2 is 1.93 bits per heavy atom. The fourth-order valence-corrected chi connectivity index (χ4v) is 4.41. The lowest BCUT2D eigenvalue weighted by Gasteiger charge is -2.36. The highest BCUT2D eigenvalue weighted by Crippen LogP contribution is 2.22. The molecule has 28 heavy (non-hydrogen) atoms. The summed E-state index contributed by atoms with van der Waals surface area (Å²) in [5, 5.41) is 0. The third kappa shape index (κ3) is 4.13. The molecule has 0 bridgehead atoms. The van der Waals surface area contributed by atoms with E-state index in [9.17, 15) is 4.79 Å². The predicted octanol–water partition coefficient (Wildman–Crippen LogP) is 2.55.